The highest BCUT2D eigenvalue weighted by molar-refractivity contribution is 7.80. The van der Waals surface area contributed by atoms with E-state index in [1.807, 2.05) is 12.1 Å². The van der Waals surface area contributed by atoms with Gasteiger partial charge in [0.25, 0.3) is 0 Å². The second-order valence-electron chi connectivity index (χ2n) is 3.57. The fourth-order valence-electron chi connectivity index (χ4n) is 0.997. The Balaban J connectivity index is 2.69. The molecule has 0 bridgehead atoms. The van der Waals surface area contributed by atoms with Crippen molar-refractivity contribution in [3.05, 3.63) is 24.0 Å². The molecule has 1 heterocycles. The molecule has 3 N–H and O–H groups in total. The lowest BCUT2D eigenvalue weighted by molar-refractivity contribution is 0.689. The van der Waals surface area contributed by atoms with E-state index in [1.54, 1.807) is 6.20 Å². The summed E-state index contributed by atoms with van der Waals surface area (Å²) in [6.07, 6.45) is 1.71. The maximum atomic E-state index is 5.48. The highest BCUT2D eigenvalue weighted by Crippen LogP contribution is 2.08. The van der Waals surface area contributed by atoms with Gasteiger partial charge in [-0.2, -0.15) is 0 Å². The molecule has 0 aliphatic heterocycles. The molecule has 3 nitrogen and oxygen atoms in total. The first kappa shape index (κ1) is 10.9. The van der Waals surface area contributed by atoms with Gasteiger partial charge in [0.1, 0.15) is 4.99 Å². The van der Waals surface area contributed by atoms with Crippen LogP contribution in [0.3, 0.4) is 0 Å². The number of aromatic nitrogens is 1. The Kier molecular flexibility index (Phi) is 3.83. The molecule has 0 saturated carbocycles. The van der Waals surface area contributed by atoms with Gasteiger partial charge in [0.15, 0.2) is 0 Å². The maximum Gasteiger partial charge on any atom is 0.122 e. The highest BCUT2D eigenvalue weighted by Gasteiger charge is 1.99. The molecule has 0 aliphatic carbocycles. The zero-order chi connectivity index (χ0) is 10.6. The number of nitrogens with zero attached hydrogens (tertiary/aromatic N) is 1. The van der Waals surface area contributed by atoms with Crippen LogP contribution in [0.2, 0.25) is 0 Å². The Bertz CT molecular complexity index is 323. The minimum Gasteiger partial charge on any atom is -0.388 e. The van der Waals surface area contributed by atoms with Crippen LogP contribution >= 0.6 is 12.2 Å². The van der Waals surface area contributed by atoms with E-state index in [1.165, 1.54) is 0 Å². The number of anilines is 1. The summed E-state index contributed by atoms with van der Waals surface area (Å²) in [5.41, 5.74) is 7.15. The molecule has 1 aromatic rings. The fraction of sp³-hybridized carbons (Fsp3) is 0.400. The third kappa shape index (κ3) is 3.30. The van der Waals surface area contributed by atoms with Gasteiger partial charge < -0.3 is 11.1 Å². The summed E-state index contributed by atoms with van der Waals surface area (Å²) in [5, 5.41) is 3.28. The van der Waals surface area contributed by atoms with Crippen molar-refractivity contribution in [1.82, 2.24) is 4.98 Å². The van der Waals surface area contributed by atoms with E-state index < -0.39 is 0 Å². The van der Waals surface area contributed by atoms with Gasteiger partial charge in [0.2, 0.25) is 0 Å². The van der Waals surface area contributed by atoms with Crippen LogP contribution in [0.25, 0.3) is 0 Å². The zero-order valence-electron chi connectivity index (χ0n) is 8.45. The van der Waals surface area contributed by atoms with Crippen molar-refractivity contribution in [2.24, 2.45) is 11.7 Å². The quantitative estimate of drug-likeness (QED) is 0.742. The van der Waals surface area contributed by atoms with Crippen molar-refractivity contribution in [3.63, 3.8) is 0 Å². The van der Waals surface area contributed by atoms with E-state index in [-0.39, 0.29) is 0 Å². The van der Waals surface area contributed by atoms with Crippen LogP contribution in [-0.4, -0.2) is 16.5 Å². The number of rotatable bonds is 4. The van der Waals surface area contributed by atoms with Gasteiger partial charge in [-0.15, -0.1) is 0 Å². The molecule has 1 rings (SSSR count). The Morgan fingerprint density at radius 3 is 2.93 bits per heavy atom. The standard InChI is InChI=1S/C10H15N3S/c1-7(2)6-13-8-3-4-12-9(5-8)10(11)14/h3-5,7H,6H2,1-2H3,(H2,11,14)(H,12,13). The summed E-state index contributed by atoms with van der Waals surface area (Å²) in [6, 6.07) is 3.77. The van der Waals surface area contributed by atoms with E-state index in [9.17, 15) is 0 Å². The van der Waals surface area contributed by atoms with Gasteiger partial charge in [0.05, 0.1) is 5.69 Å². The van der Waals surface area contributed by atoms with Crippen LogP contribution in [0, 0.1) is 5.92 Å². The average molecular weight is 209 g/mol. The lowest BCUT2D eigenvalue weighted by atomic mass is 10.2. The van der Waals surface area contributed by atoms with Crippen molar-refractivity contribution in [2.45, 2.75) is 13.8 Å². The van der Waals surface area contributed by atoms with Crippen molar-refractivity contribution < 1.29 is 0 Å². The van der Waals surface area contributed by atoms with Crippen LogP contribution in [0.1, 0.15) is 19.5 Å². The largest absolute Gasteiger partial charge is 0.388 e. The summed E-state index contributed by atoms with van der Waals surface area (Å²) < 4.78 is 0. The summed E-state index contributed by atoms with van der Waals surface area (Å²) in [7, 11) is 0. The second kappa shape index (κ2) is 4.91. The Morgan fingerprint density at radius 1 is 1.64 bits per heavy atom. The van der Waals surface area contributed by atoms with Crippen molar-refractivity contribution >= 4 is 22.9 Å². The zero-order valence-corrected chi connectivity index (χ0v) is 9.27. The minimum atomic E-state index is 0.332. The van der Waals surface area contributed by atoms with Crippen LogP contribution in [0.15, 0.2) is 18.3 Å². The van der Waals surface area contributed by atoms with Crippen LogP contribution in [0.4, 0.5) is 5.69 Å². The van der Waals surface area contributed by atoms with E-state index in [4.69, 9.17) is 18.0 Å². The molecular weight excluding hydrogens is 194 g/mol. The van der Waals surface area contributed by atoms with Crippen LogP contribution in [0.5, 0.6) is 0 Å². The number of pyridine rings is 1. The van der Waals surface area contributed by atoms with Gasteiger partial charge in [-0.05, 0) is 18.1 Å². The summed E-state index contributed by atoms with van der Waals surface area (Å²) in [6.45, 7) is 5.24. The number of nitrogens with two attached hydrogens (primary N) is 1. The maximum absolute atomic E-state index is 5.48. The second-order valence-corrected chi connectivity index (χ2v) is 4.01. The molecule has 0 saturated heterocycles. The lowest BCUT2D eigenvalue weighted by Crippen LogP contribution is -2.13. The topological polar surface area (TPSA) is 50.9 Å². The normalized spacial score (nSPS) is 10.2. The molecule has 0 amide bonds. The van der Waals surface area contributed by atoms with Gasteiger partial charge in [0, 0.05) is 18.4 Å². The molecule has 76 valence electrons. The van der Waals surface area contributed by atoms with Crippen LogP contribution < -0.4 is 11.1 Å². The first-order valence-electron chi connectivity index (χ1n) is 4.59. The smallest absolute Gasteiger partial charge is 0.122 e. The van der Waals surface area contributed by atoms with Crippen LogP contribution in [-0.2, 0) is 0 Å². The molecule has 0 aromatic carbocycles. The van der Waals surface area contributed by atoms with Crippen molar-refractivity contribution in [1.29, 1.82) is 0 Å². The molecule has 0 spiro atoms. The van der Waals surface area contributed by atoms with Gasteiger partial charge in [-0.3, -0.25) is 4.98 Å². The molecule has 1 aromatic heterocycles. The average Bonchev–Trinajstić information content (AvgIpc) is 2.15. The van der Waals surface area contributed by atoms with Crippen molar-refractivity contribution in [2.75, 3.05) is 11.9 Å². The van der Waals surface area contributed by atoms with Gasteiger partial charge in [-0.1, -0.05) is 26.1 Å². The Labute approximate surface area is 89.7 Å². The van der Waals surface area contributed by atoms with Gasteiger partial charge in [-0.25, -0.2) is 0 Å². The molecule has 0 fully saturated rings. The molecule has 14 heavy (non-hydrogen) atoms. The lowest BCUT2D eigenvalue weighted by Gasteiger charge is -2.09. The SMILES string of the molecule is CC(C)CNc1ccnc(C(N)=S)c1. The Morgan fingerprint density at radius 2 is 2.36 bits per heavy atom. The predicted octanol–water partition coefficient (Wildman–Crippen LogP) is 1.78. The van der Waals surface area contributed by atoms with E-state index in [2.05, 4.69) is 24.1 Å². The third-order valence-corrected chi connectivity index (χ3v) is 1.94. The van der Waals surface area contributed by atoms with Crippen molar-refractivity contribution in [3.8, 4) is 0 Å². The summed E-state index contributed by atoms with van der Waals surface area (Å²) >= 11 is 4.84. The molecule has 4 heteroatoms. The number of nitrogens with one attached hydrogen (secondary N) is 1. The summed E-state index contributed by atoms with van der Waals surface area (Å²) in [5.74, 6) is 0.608. The summed E-state index contributed by atoms with van der Waals surface area (Å²) in [4.78, 5) is 4.39. The molecular formula is C10H15N3S. The van der Waals surface area contributed by atoms with E-state index >= 15 is 0 Å². The number of hydrogen-bond donors (Lipinski definition) is 2. The predicted molar refractivity (Wildman–Crippen MR) is 63.5 cm³/mol. The first-order valence-corrected chi connectivity index (χ1v) is 5.00. The fourth-order valence-corrected chi connectivity index (χ4v) is 1.11. The Hall–Kier alpha value is -1.16. The monoisotopic (exact) mass is 209 g/mol. The highest BCUT2D eigenvalue weighted by atomic mass is 32.1. The van der Waals surface area contributed by atoms with Gasteiger partial charge >= 0.3 is 0 Å². The third-order valence-electron chi connectivity index (χ3n) is 1.73. The molecule has 0 aliphatic rings. The van der Waals surface area contributed by atoms with E-state index in [0.29, 0.717) is 16.6 Å². The number of hydrogen-bond acceptors (Lipinski definition) is 3. The minimum absolute atomic E-state index is 0.332. The molecule has 0 radical (unpaired) electrons. The number of thiocarbonyl (C=S) groups is 1. The van der Waals surface area contributed by atoms with E-state index in [0.717, 1.165) is 12.2 Å². The molecule has 0 atom stereocenters. The molecule has 0 unspecified atom stereocenters. The first-order chi connectivity index (χ1) is 6.59.